The minimum Gasteiger partial charge on any atom is -0.482 e. The van der Waals surface area contributed by atoms with Gasteiger partial charge in [0, 0.05) is 0 Å². The van der Waals surface area contributed by atoms with Gasteiger partial charge in [-0.05, 0) is 66.1 Å². The Morgan fingerprint density at radius 1 is 1.44 bits per heavy atom. The molecule has 1 aromatic rings. The van der Waals surface area contributed by atoms with Crippen LogP contribution in [-0.2, 0) is 0 Å². The molecule has 1 heterocycles. The molecule has 0 radical (unpaired) electrons. The number of para-hydroxylation sites is 1. The second-order valence-corrected chi connectivity index (χ2v) is 4.99. The van der Waals surface area contributed by atoms with E-state index in [1.54, 1.807) is 6.07 Å². The highest BCUT2D eigenvalue weighted by Crippen LogP contribution is 2.35. The average molecular weight is 360 g/mol. The molecule has 0 aromatic heterocycles. The van der Waals surface area contributed by atoms with Gasteiger partial charge in [-0.15, -0.1) is 0 Å². The Labute approximate surface area is 120 Å². The fourth-order valence-electron chi connectivity index (χ4n) is 2.42. The molecule has 0 spiro atoms. The third kappa shape index (κ3) is 2.95. The maximum atomic E-state index is 11.5. The van der Waals surface area contributed by atoms with Crippen molar-refractivity contribution in [1.29, 1.82) is 0 Å². The molecule has 0 unspecified atom stereocenters. The van der Waals surface area contributed by atoms with Crippen LogP contribution in [0, 0.1) is 0 Å². The normalized spacial score (nSPS) is 16.5. The number of carbonyl (C=O) groups excluding carboxylic acids is 1. The molecule has 1 saturated heterocycles. The molecule has 0 bridgehead atoms. The summed E-state index contributed by atoms with van der Waals surface area (Å²) in [5.41, 5.74) is 7.01. The van der Waals surface area contributed by atoms with Crippen LogP contribution in [0.15, 0.2) is 18.2 Å². The predicted molar refractivity (Wildman–Crippen MR) is 79.3 cm³/mol. The van der Waals surface area contributed by atoms with E-state index in [0.29, 0.717) is 21.8 Å². The molecule has 1 aliphatic rings. The second kappa shape index (κ2) is 6.38. The molecular weight excluding hydrogens is 343 g/mol. The summed E-state index contributed by atoms with van der Waals surface area (Å²) in [5, 5.41) is 3.34. The molecule has 1 amide bonds. The van der Waals surface area contributed by atoms with E-state index < -0.39 is 5.91 Å². The molecule has 0 aliphatic carbocycles. The second-order valence-electron chi connectivity index (χ2n) is 4.37. The maximum Gasteiger partial charge on any atom is 0.252 e. The fourth-order valence-corrected chi connectivity index (χ4v) is 2.73. The van der Waals surface area contributed by atoms with E-state index >= 15 is 0 Å². The molecule has 4 nitrogen and oxygen atoms in total. The molecule has 0 atom stereocenters. The van der Waals surface area contributed by atoms with Crippen LogP contribution in [0.3, 0.4) is 0 Å². The number of nitrogens with one attached hydrogen (secondary N) is 1. The van der Waals surface area contributed by atoms with Crippen LogP contribution in [-0.4, -0.2) is 23.6 Å². The van der Waals surface area contributed by atoms with Crippen molar-refractivity contribution in [3.63, 3.8) is 0 Å². The lowest BCUT2D eigenvalue weighted by Crippen LogP contribution is -2.27. The summed E-state index contributed by atoms with van der Waals surface area (Å²) in [4.78, 5) is 11.5. The summed E-state index contributed by atoms with van der Waals surface area (Å²) in [6, 6.07) is 5.66. The van der Waals surface area contributed by atoms with E-state index in [2.05, 4.69) is 27.9 Å². The van der Waals surface area contributed by atoms with Crippen LogP contribution in [0.5, 0.6) is 5.75 Å². The van der Waals surface area contributed by atoms with Crippen molar-refractivity contribution in [1.82, 2.24) is 5.32 Å². The van der Waals surface area contributed by atoms with E-state index in [1.165, 1.54) is 0 Å². The highest BCUT2D eigenvalue weighted by molar-refractivity contribution is 14.1. The summed E-state index contributed by atoms with van der Waals surface area (Å²) in [5.74, 6) is 0.695. The Hall–Kier alpha value is -0.820. The van der Waals surface area contributed by atoms with Crippen LogP contribution >= 0.6 is 22.6 Å². The van der Waals surface area contributed by atoms with Gasteiger partial charge in [0.2, 0.25) is 0 Å². The first kappa shape index (κ1) is 13.6. The number of benzene rings is 1. The zero-order valence-electron chi connectivity index (χ0n) is 10.1. The third-order valence-electron chi connectivity index (χ3n) is 3.29. The van der Waals surface area contributed by atoms with Crippen molar-refractivity contribution in [2.75, 3.05) is 17.7 Å². The van der Waals surface area contributed by atoms with Crippen molar-refractivity contribution < 1.29 is 9.53 Å². The highest BCUT2D eigenvalue weighted by atomic mass is 127. The van der Waals surface area contributed by atoms with Crippen LogP contribution in [0.4, 0.5) is 0 Å². The number of amides is 1. The molecule has 1 aromatic carbocycles. The van der Waals surface area contributed by atoms with E-state index in [4.69, 9.17) is 10.5 Å². The predicted octanol–water partition coefficient (Wildman–Crippen LogP) is 2.02. The SMILES string of the molecule is NC(=O)c1cccc(C2CCNCC2)c1OCI. The van der Waals surface area contributed by atoms with E-state index in [9.17, 15) is 4.79 Å². The van der Waals surface area contributed by atoms with Crippen molar-refractivity contribution in [2.24, 2.45) is 5.73 Å². The van der Waals surface area contributed by atoms with Crippen molar-refractivity contribution in [2.45, 2.75) is 18.8 Å². The largest absolute Gasteiger partial charge is 0.482 e. The lowest BCUT2D eigenvalue weighted by atomic mass is 9.88. The van der Waals surface area contributed by atoms with Gasteiger partial charge >= 0.3 is 0 Å². The molecule has 1 aliphatic heterocycles. The van der Waals surface area contributed by atoms with Crippen LogP contribution < -0.4 is 15.8 Å². The Bertz CT molecular complexity index is 431. The molecule has 5 heteroatoms. The van der Waals surface area contributed by atoms with Gasteiger partial charge in [-0.1, -0.05) is 12.1 Å². The van der Waals surface area contributed by atoms with Crippen LogP contribution in [0.1, 0.15) is 34.7 Å². The third-order valence-corrected chi connectivity index (χ3v) is 3.60. The van der Waals surface area contributed by atoms with Gasteiger partial charge in [-0.2, -0.15) is 0 Å². The average Bonchev–Trinajstić information content (AvgIpc) is 2.40. The first-order chi connectivity index (χ1) is 8.74. The molecule has 3 N–H and O–H groups in total. The topological polar surface area (TPSA) is 64.4 Å². The number of ether oxygens (including phenoxy) is 1. The molecule has 0 saturated carbocycles. The minimum absolute atomic E-state index is 0.425. The maximum absolute atomic E-state index is 11.5. The van der Waals surface area contributed by atoms with E-state index in [1.807, 2.05) is 12.1 Å². The Morgan fingerprint density at radius 2 is 2.17 bits per heavy atom. The van der Waals surface area contributed by atoms with Gasteiger partial charge in [0.05, 0.1) is 5.56 Å². The van der Waals surface area contributed by atoms with Crippen LogP contribution in [0.25, 0.3) is 0 Å². The summed E-state index contributed by atoms with van der Waals surface area (Å²) in [6.45, 7) is 2.02. The minimum atomic E-state index is -0.425. The zero-order chi connectivity index (χ0) is 13.0. The molecule has 1 fully saturated rings. The lowest BCUT2D eigenvalue weighted by Gasteiger charge is -2.25. The molecule has 18 heavy (non-hydrogen) atoms. The summed E-state index contributed by atoms with van der Waals surface area (Å²) in [6.07, 6.45) is 2.14. The zero-order valence-corrected chi connectivity index (χ0v) is 12.3. The van der Waals surface area contributed by atoms with Crippen molar-refractivity contribution in [3.05, 3.63) is 29.3 Å². The number of nitrogens with two attached hydrogens (primary N) is 1. The summed E-state index contributed by atoms with van der Waals surface area (Å²) < 4.78 is 6.16. The Kier molecular flexibility index (Phi) is 4.82. The number of piperidine rings is 1. The van der Waals surface area contributed by atoms with Crippen LogP contribution in [0.2, 0.25) is 0 Å². The number of alkyl halides is 1. The van der Waals surface area contributed by atoms with Gasteiger partial charge in [0.15, 0.2) is 0 Å². The first-order valence-electron chi connectivity index (χ1n) is 6.06. The molecular formula is C13H17IN2O2. The first-order valence-corrected chi connectivity index (χ1v) is 7.58. The van der Waals surface area contributed by atoms with E-state index in [-0.39, 0.29) is 0 Å². The number of hydrogen-bond acceptors (Lipinski definition) is 3. The van der Waals surface area contributed by atoms with Crippen molar-refractivity contribution in [3.8, 4) is 5.75 Å². The number of rotatable bonds is 4. The van der Waals surface area contributed by atoms with Gasteiger partial charge in [0.1, 0.15) is 10.4 Å². The Morgan fingerprint density at radius 3 is 2.78 bits per heavy atom. The number of hydrogen-bond donors (Lipinski definition) is 2. The van der Waals surface area contributed by atoms with Gasteiger partial charge in [-0.3, -0.25) is 4.79 Å². The summed E-state index contributed by atoms with van der Waals surface area (Å²) >= 11 is 2.13. The fraction of sp³-hybridized carbons (Fsp3) is 0.462. The number of halogens is 1. The van der Waals surface area contributed by atoms with Gasteiger partial charge in [0.25, 0.3) is 5.91 Å². The monoisotopic (exact) mass is 360 g/mol. The van der Waals surface area contributed by atoms with Gasteiger partial charge < -0.3 is 15.8 Å². The number of carbonyl (C=O) groups is 1. The Balaban J connectivity index is 2.38. The molecule has 98 valence electrons. The quantitative estimate of drug-likeness (QED) is 0.638. The standard InChI is InChI=1S/C13H17IN2O2/c14-8-18-12-10(9-4-6-16-7-5-9)2-1-3-11(12)13(15)17/h1-3,9,16H,4-8H2,(H2,15,17). The van der Waals surface area contributed by atoms with Gasteiger partial charge in [-0.25, -0.2) is 0 Å². The molecule has 2 rings (SSSR count). The van der Waals surface area contributed by atoms with E-state index in [0.717, 1.165) is 31.5 Å². The lowest BCUT2D eigenvalue weighted by molar-refractivity contribution is 0.0997. The number of primary amides is 1. The highest BCUT2D eigenvalue weighted by Gasteiger charge is 2.22. The summed E-state index contributed by atoms with van der Waals surface area (Å²) in [7, 11) is 0. The van der Waals surface area contributed by atoms with Crippen molar-refractivity contribution >= 4 is 28.5 Å². The smallest absolute Gasteiger partial charge is 0.252 e.